The third-order valence-corrected chi connectivity index (χ3v) is 10.3. The molecule has 8 heteroatoms. The number of hydrogen-bond donors (Lipinski definition) is 1. The van der Waals surface area contributed by atoms with Crippen molar-refractivity contribution in [2.24, 2.45) is 5.92 Å². The number of piperidine rings is 2. The van der Waals surface area contributed by atoms with Crippen LogP contribution in [-0.4, -0.2) is 47.8 Å². The standard InChI is InChI=1S/C37H39Cl2N3O3/c38-31-17-16-29(25-32(31)39)33(18-15-27-9-7-21-42(26-27)36(44)28-10-3-1-4-11-28)41-22-19-37(20-23-41,30-12-5-2-6-13-30)40-35(43)34-14-8-24-45-34/h1-6,8,10-14,16-17,24-25,27,33H,7,9,15,18-23,26H2,(H,40,43). The number of nitrogens with one attached hydrogen (secondary N) is 1. The Hall–Kier alpha value is -3.58. The van der Waals surface area contributed by atoms with Gasteiger partial charge in [-0.25, -0.2) is 0 Å². The molecule has 234 valence electrons. The molecule has 6 rings (SSSR count). The summed E-state index contributed by atoms with van der Waals surface area (Å²) in [6, 6.07) is 29.4. The first-order chi connectivity index (χ1) is 21.9. The zero-order valence-corrected chi connectivity index (χ0v) is 26.9. The molecule has 0 aliphatic carbocycles. The zero-order valence-electron chi connectivity index (χ0n) is 25.3. The van der Waals surface area contributed by atoms with E-state index >= 15 is 0 Å². The molecule has 1 aromatic heterocycles. The minimum Gasteiger partial charge on any atom is -0.459 e. The van der Waals surface area contributed by atoms with Crippen LogP contribution in [0.15, 0.2) is 102 Å². The van der Waals surface area contributed by atoms with E-state index in [1.54, 1.807) is 12.1 Å². The van der Waals surface area contributed by atoms with Crippen molar-refractivity contribution in [3.05, 3.63) is 130 Å². The molecule has 2 unspecified atom stereocenters. The van der Waals surface area contributed by atoms with Crippen LogP contribution in [0.3, 0.4) is 0 Å². The number of amides is 2. The largest absolute Gasteiger partial charge is 0.459 e. The second-order valence-corrected chi connectivity index (χ2v) is 13.1. The fourth-order valence-corrected chi connectivity index (χ4v) is 7.38. The van der Waals surface area contributed by atoms with Gasteiger partial charge in [0.05, 0.1) is 21.8 Å². The van der Waals surface area contributed by atoms with Gasteiger partial charge in [-0.15, -0.1) is 0 Å². The van der Waals surface area contributed by atoms with E-state index in [0.717, 1.165) is 81.4 Å². The number of furan rings is 1. The van der Waals surface area contributed by atoms with E-state index < -0.39 is 5.54 Å². The van der Waals surface area contributed by atoms with Crippen molar-refractivity contribution in [3.63, 3.8) is 0 Å². The van der Waals surface area contributed by atoms with E-state index in [2.05, 4.69) is 28.4 Å². The molecule has 0 bridgehead atoms. The Morgan fingerprint density at radius 3 is 2.31 bits per heavy atom. The smallest absolute Gasteiger partial charge is 0.287 e. The third kappa shape index (κ3) is 7.30. The molecule has 3 aromatic carbocycles. The van der Waals surface area contributed by atoms with Gasteiger partial charge in [-0.2, -0.15) is 0 Å². The number of nitrogens with zero attached hydrogens (tertiary/aromatic N) is 2. The number of hydrogen-bond acceptors (Lipinski definition) is 4. The molecule has 2 fully saturated rings. The molecular weight excluding hydrogens is 605 g/mol. The van der Waals surface area contributed by atoms with Gasteiger partial charge in [0.25, 0.3) is 11.8 Å². The van der Waals surface area contributed by atoms with Crippen LogP contribution in [-0.2, 0) is 5.54 Å². The molecule has 1 N–H and O–H groups in total. The van der Waals surface area contributed by atoms with Crippen molar-refractivity contribution in [2.75, 3.05) is 26.2 Å². The highest BCUT2D eigenvalue weighted by molar-refractivity contribution is 6.42. The summed E-state index contributed by atoms with van der Waals surface area (Å²) in [5.41, 5.74) is 2.48. The predicted octanol–water partition coefficient (Wildman–Crippen LogP) is 8.38. The van der Waals surface area contributed by atoms with Crippen LogP contribution in [0.2, 0.25) is 10.0 Å². The molecule has 0 saturated carbocycles. The lowest BCUT2D eigenvalue weighted by Crippen LogP contribution is -2.53. The Kier molecular flexibility index (Phi) is 9.94. The Bertz CT molecular complexity index is 1570. The third-order valence-electron chi connectivity index (χ3n) is 9.52. The average Bonchev–Trinajstić information content (AvgIpc) is 3.63. The van der Waals surface area contributed by atoms with Crippen molar-refractivity contribution >= 4 is 35.0 Å². The van der Waals surface area contributed by atoms with E-state index in [1.807, 2.05) is 65.6 Å². The number of rotatable bonds is 9. The first kappa shape index (κ1) is 31.4. The molecule has 2 amide bonds. The van der Waals surface area contributed by atoms with Crippen LogP contribution in [0.5, 0.6) is 0 Å². The lowest BCUT2D eigenvalue weighted by Gasteiger charge is -2.45. The van der Waals surface area contributed by atoms with Crippen LogP contribution < -0.4 is 5.32 Å². The van der Waals surface area contributed by atoms with Gasteiger partial charge in [-0.05, 0) is 92.0 Å². The van der Waals surface area contributed by atoms with Crippen molar-refractivity contribution < 1.29 is 14.0 Å². The molecule has 0 radical (unpaired) electrons. The fraction of sp³-hybridized carbons (Fsp3) is 0.351. The zero-order chi connectivity index (χ0) is 31.2. The van der Waals surface area contributed by atoms with Crippen LogP contribution in [0.4, 0.5) is 0 Å². The summed E-state index contributed by atoms with van der Waals surface area (Å²) in [6.07, 6.45) is 7.10. The van der Waals surface area contributed by atoms with Crippen molar-refractivity contribution in [1.29, 1.82) is 0 Å². The fourth-order valence-electron chi connectivity index (χ4n) is 7.07. The molecule has 2 aliphatic heterocycles. The van der Waals surface area contributed by atoms with Crippen molar-refractivity contribution in [1.82, 2.24) is 15.1 Å². The minimum atomic E-state index is -0.508. The molecule has 2 saturated heterocycles. The Morgan fingerprint density at radius 1 is 0.889 bits per heavy atom. The van der Waals surface area contributed by atoms with Crippen molar-refractivity contribution in [2.45, 2.75) is 50.1 Å². The number of likely N-dealkylation sites (tertiary alicyclic amines) is 2. The maximum atomic E-state index is 13.2. The number of carbonyl (C=O) groups excluding carboxylic acids is 2. The molecule has 3 heterocycles. The summed E-state index contributed by atoms with van der Waals surface area (Å²) in [5, 5.41) is 4.44. The highest BCUT2D eigenvalue weighted by Gasteiger charge is 2.40. The SMILES string of the molecule is O=C(NC1(c2ccccc2)CCN(C(CCC2CCCN(C(=O)c3ccccc3)C2)c2ccc(Cl)c(Cl)c2)CC1)c1ccco1. The van der Waals surface area contributed by atoms with Gasteiger partial charge in [-0.1, -0.05) is 77.8 Å². The molecule has 2 atom stereocenters. The van der Waals surface area contributed by atoms with Gasteiger partial charge in [0, 0.05) is 37.8 Å². The van der Waals surface area contributed by atoms with Crippen LogP contribution >= 0.6 is 23.2 Å². The first-order valence-corrected chi connectivity index (χ1v) is 16.6. The average molecular weight is 645 g/mol. The Morgan fingerprint density at radius 2 is 1.62 bits per heavy atom. The molecule has 2 aliphatic rings. The lowest BCUT2D eigenvalue weighted by atomic mass is 9.79. The summed E-state index contributed by atoms with van der Waals surface area (Å²) in [7, 11) is 0. The summed E-state index contributed by atoms with van der Waals surface area (Å²) in [6.45, 7) is 3.17. The summed E-state index contributed by atoms with van der Waals surface area (Å²) >= 11 is 12.9. The monoisotopic (exact) mass is 643 g/mol. The highest BCUT2D eigenvalue weighted by atomic mass is 35.5. The van der Waals surface area contributed by atoms with E-state index in [0.29, 0.717) is 21.7 Å². The van der Waals surface area contributed by atoms with Gasteiger partial charge < -0.3 is 14.6 Å². The van der Waals surface area contributed by atoms with E-state index in [1.165, 1.54) is 6.26 Å². The topological polar surface area (TPSA) is 65.8 Å². The van der Waals surface area contributed by atoms with E-state index in [-0.39, 0.29) is 17.9 Å². The normalized spacial score (nSPS) is 19.2. The van der Waals surface area contributed by atoms with Crippen LogP contribution in [0, 0.1) is 5.92 Å². The Balaban J connectivity index is 1.18. The Labute approximate surface area is 275 Å². The van der Waals surface area contributed by atoms with Gasteiger partial charge in [0.15, 0.2) is 5.76 Å². The minimum absolute atomic E-state index is 0.117. The maximum absolute atomic E-state index is 13.2. The number of benzene rings is 3. The highest BCUT2D eigenvalue weighted by Crippen LogP contribution is 2.40. The van der Waals surface area contributed by atoms with Crippen LogP contribution in [0.1, 0.15) is 76.6 Å². The van der Waals surface area contributed by atoms with Crippen molar-refractivity contribution in [3.8, 4) is 0 Å². The molecule has 4 aromatic rings. The molecule has 0 spiro atoms. The van der Waals surface area contributed by atoms with E-state index in [9.17, 15) is 9.59 Å². The second-order valence-electron chi connectivity index (χ2n) is 12.3. The summed E-state index contributed by atoms with van der Waals surface area (Å²) in [5.74, 6) is 0.655. The van der Waals surface area contributed by atoms with Gasteiger partial charge in [0.1, 0.15) is 0 Å². The quantitative estimate of drug-likeness (QED) is 0.199. The molecular formula is C37H39Cl2N3O3. The van der Waals surface area contributed by atoms with Gasteiger partial charge in [-0.3, -0.25) is 14.5 Å². The molecule has 45 heavy (non-hydrogen) atoms. The van der Waals surface area contributed by atoms with Crippen LogP contribution in [0.25, 0.3) is 0 Å². The lowest BCUT2D eigenvalue weighted by molar-refractivity contribution is 0.0619. The summed E-state index contributed by atoms with van der Waals surface area (Å²) < 4.78 is 5.42. The predicted molar refractivity (Wildman–Crippen MR) is 179 cm³/mol. The molecule has 6 nitrogen and oxygen atoms in total. The van der Waals surface area contributed by atoms with Gasteiger partial charge in [0.2, 0.25) is 0 Å². The number of carbonyl (C=O) groups is 2. The van der Waals surface area contributed by atoms with Gasteiger partial charge >= 0.3 is 0 Å². The maximum Gasteiger partial charge on any atom is 0.287 e. The first-order valence-electron chi connectivity index (χ1n) is 15.9. The van der Waals surface area contributed by atoms with E-state index in [4.69, 9.17) is 27.6 Å². The number of halogens is 2. The second kappa shape index (κ2) is 14.2. The summed E-state index contributed by atoms with van der Waals surface area (Å²) in [4.78, 5) is 31.0.